The van der Waals surface area contributed by atoms with E-state index in [2.05, 4.69) is 33.0 Å². The Morgan fingerprint density at radius 3 is 2.78 bits per heavy atom. The third-order valence-corrected chi connectivity index (χ3v) is 5.03. The SMILES string of the molecule is Cl.O=C(CCCCCc1cccs1)NCCCN1CCNCC1. The van der Waals surface area contributed by atoms with Crippen LogP contribution < -0.4 is 10.6 Å². The zero-order valence-corrected chi connectivity index (χ0v) is 15.5. The molecule has 1 aliphatic heterocycles. The number of nitrogens with one attached hydrogen (secondary N) is 2. The van der Waals surface area contributed by atoms with Crippen molar-refractivity contribution in [2.75, 3.05) is 39.3 Å². The van der Waals surface area contributed by atoms with Crippen molar-refractivity contribution in [3.05, 3.63) is 22.4 Å². The van der Waals surface area contributed by atoms with Gasteiger partial charge in [0.2, 0.25) is 5.91 Å². The molecule has 23 heavy (non-hydrogen) atoms. The van der Waals surface area contributed by atoms with Crippen molar-refractivity contribution in [2.45, 2.75) is 38.5 Å². The Balaban J connectivity index is 0.00000264. The maximum absolute atomic E-state index is 11.8. The zero-order chi connectivity index (χ0) is 15.5. The highest BCUT2D eigenvalue weighted by molar-refractivity contribution is 7.09. The van der Waals surface area contributed by atoms with Gasteiger partial charge in [0.05, 0.1) is 0 Å². The molecule has 6 heteroatoms. The number of aryl methyl sites for hydroxylation is 1. The Bertz CT molecular complexity index is 408. The minimum atomic E-state index is 0. The largest absolute Gasteiger partial charge is 0.356 e. The van der Waals surface area contributed by atoms with E-state index < -0.39 is 0 Å². The fourth-order valence-electron chi connectivity index (χ4n) is 2.77. The van der Waals surface area contributed by atoms with Crippen LogP contribution in [0.25, 0.3) is 0 Å². The number of unbranched alkanes of at least 4 members (excludes halogenated alkanes) is 2. The van der Waals surface area contributed by atoms with Gasteiger partial charge in [-0.3, -0.25) is 4.79 Å². The maximum atomic E-state index is 11.8. The van der Waals surface area contributed by atoms with Crippen molar-refractivity contribution in [3.63, 3.8) is 0 Å². The van der Waals surface area contributed by atoms with Crippen molar-refractivity contribution in [2.24, 2.45) is 0 Å². The van der Waals surface area contributed by atoms with Gasteiger partial charge < -0.3 is 15.5 Å². The molecule has 2 N–H and O–H groups in total. The molecule has 0 atom stereocenters. The van der Waals surface area contributed by atoms with Gasteiger partial charge in [0.25, 0.3) is 0 Å². The summed E-state index contributed by atoms with van der Waals surface area (Å²) in [6.45, 7) is 6.38. The van der Waals surface area contributed by atoms with Crippen LogP contribution in [0.4, 0.5) is 0 Å². The van der Waals surface area contributed by atoms with E-state index in [-0.39, 0.29) is 18.3 Å². The fraction of sp³-hybridized carbons (Fsp3) is 0.706. The number of nitrogens with zero attached hydrogens (tertiary/aromatic N) is 1. The quantitative estimate of drug-likeness (QED) is 0.631. The molecule has 1 aromatic rings. The second-order valence-corrected chi connectivity index (χ2v) is 6.97. The first-order chi connectivity index (χ1) is 10.8. The first-order valence-electron chi connectivity index (χ1n) is 8.57. The first kappa shape index (κ1) is 20.4. The smallest absolute Gasteiger partial charge is 0.219 e. The number of amides is 1. The van der Waals surface area contributed by atoms with Crippen LogP contribution in [-0.4, -0.2) is 50.1 Å². The minimum absolute atomic E-state index is 0. The van der Waals surface area contributed by atoms with E-state index in [1.807, 2.05) is 11.3 Å². The molecule has 1 aliphatic rings. The number of carbonyl (C=O) groups is 1. The Kier molecular flexibility index (Phi) is 11.3. The summed E-state index contributed by atoms with van der Waals surface area (Å²) in [5.74, 6) is 0.219. The van der Waals surface area contributed by atoms with Crippen LogP contribution in [0.2, 0.25) is 0 Å². The van der Waals surface area contributed by atoms with Gasteiger partial charge in [-0.15, -0.1) is 23.7 Å². The molecule has 0 unspecified atom stereocenters. The summed E-state index contributed by atoms with van der Waals surface area (Å²) < 4.78 is 0. The predicted octanol–water partition coefficient (Wildman–Crippen LogP) is 2.68. The van der Waals surface area contributed by atoms with Gasteiger partial charge in [-0.1, -0.05) is 12.5 Å². The number of thiophene rings is 1. The van der Waals surface area contributed by atoms with E-state index in [1.165, 1.54) is 11.3 Å². The van der Waals surface area contributed by atoms with Crippen molar-refractivity contribution >= 4 is 29.7 Å². The molecule has 2 heterocycles. The lowest BCUT2D eigenvalue weighted by atomic mass is 10.1. The molecule has 0 bridgehead atoms. The minimum Gasteiger partial charge on any atom is -0.356 e. The summed E-state index contributed by atoms with van der Waals surface area (Å²) in [4.78, 5) is 15.7. The van der Waals surface area contributed by atoms with E-state index in [4.69, 9.17) is 0 Å². The molecule has 0 aromatic carbocycles. The van der Waals surface area contributed by atoms with Gasteiger partial charge in [-0.25, -0.2) is 0 Å². The zero-order valence-electron chi connectivity index (χ0n) is 13.9. The van der Waals surface area contributed by atoms with Gasteiger partial charge in [0.15, 0.2) is 0 Å². The Hall–Kier alpha value is -0.620. The van der Waals surface area contributed by atoms with E-state index in [0.717, 1.165) is 65.0 Å². The topological polar surface area (TPSA) is 44.4 Å². The third-order valence-electron chi connectivity index (χ3n) is 4.09. The van der Waals surface area contributed by atoms with Gasteiger partial charge in [0.1, 0.15) is 0 Å². The summed E-state index contributed by atoms with van der Waals surface area (Å²) in [5, 5.41) is 8.53. The van der Waals surface area contributed by atoms with E-state index >= 15 is 0 Å². The highest BCUT2D eigenvalue weighted by atomic mass is 35.5. The van der Waals surface area contributed by atoms with Crippen LogP contribution in [0.5, 0.6) is 0 Å². The molecule has 0 aliphatic carbocycles. The van der Waals surface area contributed by atoms with Crippen molar-refractivity contribution in [1.29, 1.82) is 0 Å². The summed E-state index contributed by atoms with van der Waals surface area (Å²) in [5.41, 5.74) is 0. The van der Waals surface area contributed by atoms with Crippen molar-refractivity contribution < 1.29 is 4.79 Å². The average molecular weight is 360 g/mol. The number of hydrogen-bond donors (Lipinski definition) is 2. The molecule has 1 aromatic heterocycles. The average Bonchev–Trinajstić information content (AvgIpc) is 3.06. The number of halogens is 1. The van der Waals surface area contributed by atoms with Gasteiger partial charge >= 0.3 is 0 Å². The predicted molar refractivity (Wildman–Crippen MR) is 101 cm³/mol. The van der Waals surface area contributed by atoms with E-state index in [1.54, 1.807) is 0 Å². The second kappa shape index (κ2) is 12.8. The molecule has 132 valence electrons. The van der Waals surface area contributed by atoms with Gasteiger partial charge in [-0.05, 0) is 43.7 Å². The maximum Gasteiger partial charge on any atom is 0.219 e. The Morgan fingerprint density at radius 1 is 1.22 bits per heavy atom. The molecular weight excluding hydrogens is 330 g/mol. The van der Waals surface area contributed by atoms with E-state index in [9.17, 15) is 4.79 Å². The van der Waals surface area contributed by atoms with Crippen LogP contribution in [0, 0.1) is 0 Å². The molecule has 2 rings (SSSR count). The summed E-state index contributed by atoms with van der Waals surface area (Å²) in [7, 11) is 0. The number of rotatable bonds is 10. The highest BCUT2D eigenvalue weighted by Gasteiger charge is 2.08. The second-order valence-electron chi connectivity index (χ2n) is 5.94. The van der Waals surface area contributed by atoms with Crippen molar-refractivity contribution in [1.82, 2.24) is 15.5 Å². The number of carbonyl (C=O) groups excluding carboxylic acids is 1. The van der Waals surface area contributed by atoms with Gasteiger partial charge in [0, 0.05) is 44.0 Å². The first-order valence-corrected chi connectivity index (χ1v) is 9.45. The molecule has 0 saturated carbocycles. The van der Waals surface area contributed by atoms with E-state index in [0.29, 0.717) is 6.42 Å². The molecule has 0 radical (unpaired) electrons. The van der Waals surface area contributed by atoms with Crippen LogP contribution in [0.3, 0.4) is 0 Å². The Morgan fingerprint density at radius 2 is 2.04 bits per heavy atom. The van der Waals surface area contributed by atoms with Crippen LogP contribution in [-0.2, 0) is 11.2 Å². The van der Waals surface area contributed by atoms with Crippen LogP contribution in [0.1, 0.15) is 37.0 Å². The summed E-state index contributed by atoms with van der Waals surface area (Å²) in [6, 6.07) is 4.30. The molecule has 1 fully saturated rings. The van der Waals surface area contributed by atoms with Crippen molar-refractivity contribution in [3.8, 4) is 0 Å². The molecule has 1 amide bonds. The third kappa shape index (κ3) is 9.30. The summed E-state index contributed by atoms with van der Waals surface area (Å²) >= 11 is 1.83. The monoisotopic (exact) mass is 359 g/mol. The Labute approximate surface area is 150 Å². The lowest BCUT2D eigenvalue weighted by molar-refractivity contribution is -0.121. The van der Waals surface area contributed by atoms with Gasteiger partial charge in [-0.2, -0.15) is 0 Å². The molecule has 1 saturated heterocycles. The lowest BCUT2D eigenvalue weighted by Gasteiger charge is -2.27. The van der Waals surface area contributed by atoms with Crippen LogP contribution >= 0.6 is 23.7 Å². The molecule has 4 nitrogen and oxygen atoms in total. The normalized spacial score (nSPS) is 15.1. The summed E-state index contributed by atoms with van der Waals surface area (Å²) in [6.07, 6.45) is 6.24. The molecular formula is C17H30ClN3OS. The van der Waals surface area contributed by atoms with Crippen LogP contribution in [0.15, 0.2) is 17.5 Å². The molecule has 0 spiro atoms. The lowest BCUT2D eigenvalue weighted by Crippen LogP contribution is -2.44. The number of piperazine rings is 1. The fourth-order valence-corrected chi connectivity index (χ4v) is 3.52. The highest BCUT2D eigenvalue weighted by Crippen LogP contribution is 2.13. The number of hydrogen-bond acceptors (Lipinski definition) is 4. The standard InChI is InChI=1S/C17H29N3OS.ClH/c21-17(8-3-1-2-6-16-7-4-15-22-16)19-9-5-12-20-13-10-18-11-14-20;/h4,7,15,18H,1-3,5-6,8-14H2,(H,19,21);1H.